The van der Waals surface area contributed by atoms with Crippen molar-refractivity contribution in [2.75, 3.05) is 21.3 Å². The van der Waals surface area contributed by atoms with Gasteiger partial charge in [0.1, 0.15) is 6.10 Å². The summed E-state index contributed by atoms with van der Waals surface area (Å²) >= 11 is 1.60. The molecule has 2 aromatic rings. The molecule has 0 amide bonds. The van der Waals surface area contributed by atoms with Crippen LogP contribution in [0, 0.1) is 6.92 Å². The summed E-state index contributed by atoms with van der Waals surface area (Å²) in [5, 5.41) is 12.5. The van der Waals surface area contributed by atoms with Crippen LogP contribution < -0.4 is 14.2 Å². The average molecular weight is 294 g/mol. The first-order valence-electron chi connectivity index (χ1n) is 6.14. The Morgan fingerprint density at radius 3 is 2.25 bits per heavy atom. The van der Waals surface area contributed by atoms with Crippen LogP contribution in [0.15, 0.2) is 23.6 Å². The van der Waals surface area contributed by atoms with Gasteiger partial charge in [0.2, 0.25) is 5.75 Å². The second-order valence-corrected chi connectivity index (χ2v) is 5.43. The maximum absolute atomic E-state index is 10.5. The first-order valence-corrected chi connectivity index (χ1v) is 7.02. The molecule has 1 N–H and O–H groups in total. The number of thiophene rings is 1. The highest BCUT2D eigenvalue weighted by molar-refractivity contribution is 7.10. The van der Waals surface area contributed by atoms with E-state index in [1.54, 1.807) is 44.8 Å². The van der Waals surface area contributed by atoms with E-state index >= 15 is 0 Å². The average Bonchev–Trinajstić information content (AvgIpc) is 2.91. The van der Waals surface area contributed by atoms with Gasteiger partial charge in [-0.1, -0.05) is 0 Å². The maximum Gasteiger partial charge on any atom is 0.203 e. The van der Waals surface area contributed by atoms with E-state index in [1.165, 1.54) is 0 Å². The number of ether oxygens (including phenoxy) is 3. The van der Waals surface area contributed by atoms with E-state index in [1.807, 2.05) is 18.4 Å². The van der Waals surface area contributed by atoms with Crippen molar-refractivity contribution < 1.29 is 19.3 Å². The Morgan fingerprint density at radius 1 is 1.05 bits per heavy atom. The topological polar surface area (TPSA) is 47.9 Å². The molecule has 5 heteroatoms. The van der Waals surface area contributed by atoms with E-state index < -0.39 is 6.10 Å². The predicted octanol–water partition coefficient (Wildman–Crippen LogP) is 3.16. The van der Waals surface area contributed by atoms with E-state index in [0.717, 1.165) is 10.4 Å². The highest BCUT2D eigenvalue weighted by Gasteiger charge is 2.22. The van der Waals surface area contributed by atoms with Crippen LogP contribution in [0.4, 0.5) is 0 Å². The molecule has 20 heavy (non-hydrogen) atoms. The summed E-state index contributed by atoms with van der Waals surface area (Å²) in [7, 11) is 4.66. The fraction of sp³-hybridized carbons (Fsp3) is 0.333. The maximum atomic E-state index is 10.5. The van der Waals surface area contributed by atoms with Gasteiger partial charge in [-0.3, -0.25) is 0 Å². The molecule has 0 radical (unpaired) electrons. The van der Waals surface area contributed by atoms with Crippen LogP contribution in [-0.2, 0) is 0 Å². The van der Waals surface area contributed by atoms with Crippen LogP contribution in [0.1, 0.15) is 22.1 Å². The molecule has 1 atom stereocenters. The lowest BCUT2D eigenvalue weighted by molar-refractivity contribution is 0.212. The van der Waals surface area contributed by atoms with Crippen molar-refractivity contribution in [2.24, 2.45) is 0 Å². The van der Waals surface area contributed by atoms with Gasteiger partial charge in [0.25, 0.3) is 0 Å². The third-order valence-corrected chi connectivity index (χ3v) is 3.98. The van der Waals surface area contributed by atoms with Crippen LogP contribution in [0.2, 0.25) is 0 Å². The number of aryl methyl sites for hydroxylation is 1. The molecule has 0 aliphatic rings. The molecular weight excluding hydrogens is 276 g/mol. The molecule has 0 fully saturated rings. The quantitative estimate of drug-likeness (QED) is 0.920. The minimum atomic E-state index is -0.755. The van der Waals surface area contributed by atoms with Gasteiger partial charge in [0, 0.05) is 10.4 Å². The Labute approximate surface area is 122 Å². The first-order chi connectivity index (χ1) is 9.62. The van der Waals surface area contributed by atoms with Crippen LogP contribution >= 0.6 is 11.3 Å². The smallest absolute Gasteiger partial charge is 0.203 e. The predicted molar refractivity (Wildman–Crippen MR) is 79.2 cm³/mol. The molecule has 1 aromatic carbocycles. The van der Waals surface area contributed by atoms with Gasteiger partial charge in [0.15, 0.2) is 11.5 Å². The number of rotatable bonds is 5. The van der Waals surface area contributed by atoms with Gasteiger partial charge < -0.3 is 19.3 Å². The van der Waals surface area contributed by atoms with Crippen LogP contribution in [-0.4, -0.2) is 26.4 Å². The number of hydrogen-bond acceptors (Lipinski definition) is 5. The third kappa shape index (κ3) is 2.59. The molecule has 0 aliphatic carbocycles. The lowest BCUT2D eigenvalue weighted by Crippen LogP contribution is -2.04. The molecule has 1 heterocycles. The molecule has 0 bridgehead atoms. The van der Waals surface area contributed by atoms with Crippen molar-refractivity contribution in [1.29, 1.82) is 0 Å². The molecule has 2 rings (SSSR count). The minimum Gasteiger partial charge on any atom is -0.493 e. The fourth-order valence-corrected chi connectivity index (χ4v) is 2.85. The van der Waals surface area contributed by atoms with Gasteiger partial charge in [-0.15, -0.1) is 11.3 Å². The molecular formula is C15H18O4S. The van der Waals surface area contributed by atoms with E-state index in [-0.39, 0.29) is 0 Å². The van der Waals surface area contributed by atoms with E-state index in [0.29, 0.717) is 22.8 Å². The number of aliphatic hydroxyl groups excluding tert-OH is 1. The van der Waals surface area contributed by atoms with Gasteiger partial charge >= 0.3 is 0 Å². The minimum absolute atomic E-state index is 0.485. The molecule has 108 valence electrons. The number of hydrogen-bond donors (Lipinski definition) is 1. The van der Waals surface area contributed by atoms with Crippen LogP contribution in [0.5, 0.6) is 17.2 Å². The van der Waals surface area contributed by atoms with Crippen molar-refractivity contribution in [3.05, 3.63) is 39.6 Å². The monoisotopic (exact) mass is 294 g/mol. The summed E-state index contributed by atoms with van der Waals surface area (Å²) in [6.45, 7) is 2.01. The van der Waals surface area contributed by atoms with Crippen molar-refractivity contribution in [1.82, 2.24) is 0 Å². The molecule has 4 nitrogen and oxygen atoms in total. The zero-order valence-electron chi connectivity index (χ0n) is 12.0. The highest BCUT2D eigenvalue weighted by atomic mass is 32.1. The Balaban J connectivity index is 2.51. The standard InChI is InChI=1S/C15H18O4S/c1-9-7-10(8-20-9)13(16)11-5-6-12(17-2)15(19-4)14(11)18-3/h5-8,13,16H,1-4H3. The number of benzene rings is 1. The van der Waals surface area contributed by atoms with Gasteiger partial charge in [-0.2, -0.15) is 0 Å². The first kappa shape index (κ1) is 14.7. The fourth-order valence-electron chi connectivity index (χ4n) is 2.13. The van der Waals surface area contributed by atoms with E-state index in [4.69, 9.17) is 14.2 Å². The van der Waals surface area contributed by atoms with Crippen LogP contribution in [0.3, 0.4) is 0 Å². The largest absolute Gasteiger partial charge is 0.493 e. The zero-order valence-corrected chi connectivity index (χ0v) is 12.8. The summed E-state index contributed by atoms with van der Waals surface area (Å²) < 4.78 is 16.0. The molecule has 0 spiro atoms. The third-order valence-electron chi connectivity index (χ3n) is 3.10. The normalized spacial score (nSPS) is 12.1. The zero-order chi connectivity index (χ0) is 14.7. The SMILES string of the molecule is COc1ccc(C(O)c2csc(C)c2)c(OC)c1OC. The van der Waals surface area contributed by atoms with Crippen molar-refractivity contribution >= 4 is 11.3 Å². The van der Waals surface area contributed by atoms with Gasteiger partial charge in [-0.25, -0.2) is 0 Å². The lowest BCUT2D eigenvalue weighted by Gasteiger charge is -2.18. The number of methoxy groups -OCH3 is 3. The van der Waals surface area contributed by atoms with Crippen molar-refractivity contribution in [2.45, 2.75) is 13.0 Å². The summed E-state index contributed by atoms with van der Waals surface area (Å²) in [5.74, 6) is 1.54. The summed E-state index contributed by atoms with van der Waals surface area (Å²) in [6.07, 6.45) is -0.755. The number of aliphatic hydroxyl groups is 1. The van der Waals surface area contributed by atoms with Crippen molar-refractivity contribution in [3.8, 4) is 17.2 Å². The van der Waals surface area contributed by atoms with E-state index in [2.05, 4.69) is 0 Å². The summed E-state index contributed by atoms with van der Waals surface area (Å²) in [6, 6.07) is 5.52. The Hall–Kier alpha value is -1.72. The van der Waals surface area contributed by atoms with Crippen molar-refractivity contribution in [3.63, 3.8) is 0 Å². The van der Waals surface area contributed by atoms with E-state index in [9.17, 15) is 5.11 Å². The second kappa shape index (κ2) is 6.15. The molecule has 0 saturated heterocycles. The lowest BCUT2D eigenvalue weighted by atomic mass is 10.0. The second-order valence-electron chi connectivity index (χ2n) is 4.32. The summed E-state index contributed by atoms with van der Waals surface area (Å²) in [5.41, 5.74) is 1.50. The Kier molecular flexibility index (Phi) is 4.52. The Bertz CT molecular complexity index is 592. The molecule has 1 aromatic heterocycles. The summed E-state index contributed by atoms with van der Waals surface area (Å²) in [4.78, 5) is 1.15. The Morgan fingerprint density at radius 2 is 1.75 bits per heavy atom. The van der Waals surface area contributed by atoms with Crippen LogP contribution in [0.25, 0.3) is 0 Å². The van der Waals surface area contributed by atoms with Gasteiger partial charge in [0.05, 0.1) is 21.3 Å². The highest BCUT2D eigenvalue weighted by Crippen LogP contribution is 2.43. The molecule has 0 saturated carbocycles. The molecule has 1 unspecified atom stereocenters. The van der Waals surface area contributed by atoms with Gasteiger partial charge in [-0.05, 0) is 36.1 Å². The molecule has 0 aliphatic heterocycles.